The molecule has 0 fully saturated rings. The van der Waals surface area contributed by atoms with E-state index < -0.39 is 7.82 Å². The fraction of sp³-hybridized carbons (Fsp3) is 0.500. The Balaban J connectivity index is 5.47. The molecule has 0 atom stereocenters. The van der Waals surface area contributed by atoms with E-state index in [-0.39, 0.29) is 0 Å². The van der Waals surface area contributed by atoms with E-state index in [1.165, 1.54) is 0 Å². The zero-order valence-corrected chi connectivity index (χ0v) is 17.9. The van der Waals surface area contributed by atoms with Gasteiger partial charge in [0.15, 0.2) is 0 Å². The smallest absolute Gasteiger partial charge is 0.390 e. The number of hydrogen-bond donors (Lipinski definition) is 0. The zero-order valence-electron chi connectivity index (χ0n) is 12.2. The summed E-state index contributed by atoms with van der Waals surface area (Å²) in [6, 6.07) is 0. The predicted molar refractivity (Wildman–Crippen MR) is 92.8 cm³/mol. The maximum atomic E-state index is 12.7. The SMILES string of the molecule is C/C(Br)=C(\C)OP(=O)(O/C(C)=C(/C)Br)O/C(C)=C(/C)Br. The van der Waals surface area contributed by atoms with Gasteiger partial charge in [0.05, 0.1) is 0 Å². The Labute approximate surface area is 145 Å². The first-order chi connectivity index (χ1) is 8.98. The first kappa shape index (κ1) is 20.3. The predicted octanol–water partition coefficient (Wildman–Crippen LogP) is 7.08. The highest BCUT2D eigenvalue weighted by Gasteiger charge is 2.34. The lowest BCUT2D eigenvalue weighted by atomic mass is 10.5. The molecular weight excluding hydrogens is 479 g/mol. The summed E-state index contributed by atoms with van der Waals surface area (Å²) in [5.74, 6) is 1.27. The average molecular weight is 497 g/mol. The molecule has 0 N–H and O–H groups in total. The summed E-state index contributed by atoms with van der Waals surface area (Å²) in [4.78, 5) is 0. The van der Waals surface area contributed by atoms with E-state index in [4.69, 9.17) is 13.6 Å². The summed E-state index contributed by atoms with van der Waals surface area (Å²) in [5.41, 5.74) is 0. The lowest BCUT2D eigenvalue weighted by molar-refractivity contribution is 0.194. The third kappa shape index (κ3) is 7.34. The van der Waals surface area contributed by atoms with Crippen molar-refractivity contribution in [2.45, 2.75) is 41.5 Å². The third-order valence-electron chi connectivity index (χ3n) is 2.20. The van der Waals surface area contributed by atoms with Gasteiger partial charge in [0.25, 0.3) is 0 Å². The minimum Gasteiger partial charge on any atom is -0.390 e. The van der Waals surface area contributed by atoms with Crippen LogP contribution in [0.1, 0.15) is 41.5 Å². The highest BCUT2D eigenvalue weighted by Crippen LogP contribution is 2.56. The largest absolute Gasteiger partial charge is 0.646 e. The molecule has 0 rings (SSSR count). The van der Waals surface area contributed by atoms with Crippen molar-refractivity contribution < 1.29 is 18.1 Å². The summed E-state index contributed by atoms with van der Waals surface area (Å²) in [6.07, 6.45) is 0. The molecule has 0 aliphatic carbocycles. The number of phosphoric ester groups is 1. The van der Waals surface area contributed by atoms with E-state index in [1.54, 1.807) is 41.5 Å². The topological polar surface area (TPSA) is 44.8 Å². The first-order valence-electron chi connectivity index (χ1n) is 5.66. The van der Waals surface area contributed by atoms with Crippen molar-refractivity contribution >= 4 is 55.6 Å². The number of rotatable bonds is 6. The molecule has 0 amide bonds. The molecule has 0 radical (unpaired) electrons. The van der Waals surface area contributed by atoms with E-state index in [1.807, 2.05) is 0 Å². The van der Waals surface area contributed by atoms with Crippen LogP contribution in [0.3, 0.4) is 0 Å². The molecule has 0 saturated carbocycles. The van der Waals surface area contributed by atoms with Gasteiger partial charge in [0.2, 0.25) is 0 Å². The second-order valence-corrected chi connectivity index (χ2v) is 9.00. The fourth-order valence-electron chi connectivity index (χ4n) is 0.748. The van der Waals surface area contributed by atoms with Gasteiger partial charge in [-0.1, -0.05) is 47.8 Å². The summed E-state index contributed by atoms with van der Waals surface area (Å²) in [5, 5.41) is 0. The number of allylic oxidation sites excluding steroid dienone is 6. The van der Waals surface area contributed by atoms with Gasteiger partial charge in [-0.25, -0.2) is 0 Å². The lowest BCUT2D eigenvalue weighted by Crippen LogP contribution is -1.99. The van der Waals surface area contributed by atoms with Gasteiger partial charge >= 0.3 is 7.82 Å². The average Bonchev–Trinajstić information content (AvgIpc) is 2.27. The molecule has 0 spiro atoms. The normalized spacial score (nSPS) is 15.8. The van der Waals surface area contributed by atoms with Gasteiger partial charge in [0.1, 0.15) is 17.3 Å². The van der Waals surface area contributed by atoms with E-state index in [0.29, 0.717) is 30.7 Å². The summed E-state index contributed by atoms with van der Waals surface area (Å²) in [6.45, 7) is 10.3. The van der Waals surface area contributed by atoms with Crippen LogP contribution in [0.2, 0.25) is 0 Å². The van der Waals surface area contributed by atoms with E-state index in [2.05, 4.69) is 47.8 Å². The van der Waals surface area contributed by atoms with Crippen LogP contribution in [0.4, 0.5) is 0 Å². The second kappa shape index (κ2) is 8.66. The van der Waals surface area contributed by atoms with Crippen LogP contribution < -0.4 is 0 Å². The van der Waals surface area contributed by atoms with Crippen LogP contribution in [-0.4, -0.2) is 0 Å². The van der Waals surface area contributed by atoms with Crippen molar-refractivity contribution in [3.05, 3.63) is 30.7 Å². The Bertz CT molecular complexity index is 426. The molecule has 0 aromatic rings. The fourth-order valence-corrected chi connectivity index (χ4v) is 2.89. The van der Waals surface area contributed by atoms with Crippen molar-refractivity contribution in [2.24, 2.45) is 0 Å². The Morgan fingerprint density at radius 3 is 1.00 bits per heavy atom. The molecule has 0 bridgehead atoms. The number of halogens is 3. The lowest BCUT2D eigenvalue weighted by Gasteiger charge is -2.21. The highest BCUT2D eigenvalue weighted by molar-refractivity contribution is 9.12. The van der Waals surface area contributed by atoms with Crippen molar-refractivity contribution in [3.8, 4) is 0 Å². The van der Waals surface area contributed by atoms with Crippen molar-refractivity contribution in [1.29, 1.82) is 0 Å². The van der Waals surface area contributed by atoms with Crippen LogP contribution in [0, 0.1) is 0 Å². The molecule has 20 heavy (non-hydrogen) atoms. The van der Waals surface area contributed by atoms with Crippen molar-refractivity contribution in [1.82, 2.24) is 0 Å². The minimum atomic E-state index is -3.81. The van der Waals surface area contributed by atoms with Gasteiger partial charge in [-0.15, -0.1) is 0 Å². The maximum absolute atomic E-state index is 12.7. The number of phosphoric acid groups is 1. The van der Waals surface area contributed by atoms with Crippen LogP contribution >= 0.6 is 55.6 Å². The number of hydrogen-bond acceptors (Lipinski definition) is 4. The Hall–Kier alpha value is 0.290. The molecule has 0 aromatic carbocycles. The van der Waals surface area contributed by atoms with Gasteiger partial charge < -0.3 is 13.6 Å². The van der Waals surface area contributed by atoms with Crippen LogP contribution in [0.5, 0.6) is 0 Å². The third-order valence-corrected chi connectivity index (χ3v) is 5.37. The molecule has 0 aliphatic rings. The Kier molecular flexibility index (Phi) is 8.79. The molecule has 0 aliphatic heterocycles. The molecule has 0 saturated heterocycles. The van der Waals surface area contributed by atoms with Crippen molar-refractivity contribution in [2.75, 3.05) is 0 Å². The van der Waals surface area contributed by atoms with Gasteiger partial charge in [-0.3, -0.25) is 0 Å². The molecule has 8 heteroatoms. The quantitative estimate of drug-likeness (QED) is 0.291. The van der Waals surface area contributed by atoms with E-state index in [9.17, 15) is 4.57 Å². The van der Waals surface area contributed by atoms with Crippen molar-refractivity contribution in [3.63, 3.8) is 0 Å². The maximum Gasteiger partial charge on any atom is 0.646 e. The molecule has 4 nitrogen and oxygen atoms in total. The molecule has 0 aromatic heterocycles. The first-order valence-corrected chi connectivity index (χ1v) is 9.50. The second-order valence-electron chi connectivity index (χ2n) is 3.99. The zero-order chi connectivity index (χ0) is 16.1. The highest BCUT2D eigenvalue weighted by atomic mass is 79.9. The summed E-state index contributed by atoms with van der Waals surface area (Å²) in [7, 11) is -3.81. The van der Waals surface area contributed by atoms with Crippen LogP contribution in [-0.2, 0) is 18.1 Å². The van der Waals surface area contributed by atoms with Crippen LogP contribution in [0.25, 0.3) is 0 Å². The Morgan fingerprint density at radius 1 is 0.650 bits per heavy atom. The minimum absolute atomic E-state index is 0.424. The van der Waals surface area contributed by atoms with Gasteiger partial charge in [-0.05, 0) is 41.5 Å². The monoisotopic (exact) mass is 494 g/mol. The van der Waals surface area contributed by atoms with Crippen LogP contribution in [0.15, 0.2) is 30.7 Å². The molecule has 0 heterocycles. The van der Waals surface area contributed by atoms with E-state index >= 15 is 0 Å². The van der Waals surface area contributed by atoms with E-state index in [0.717, 1.165) is 0 Å². The van der Waals surface area contributed by atoms with Gasteiger partial charge in [0, 0.05) is 13.4 Å². The molecular formula is C12H18Br3O4P. The molecule has 0 unspecified atom stereocenters. The Morgan fingerprint density at radius 2 is 0.850 bits per heavy atom. The summed E-state index contributed by atoms with van der Waals surface area (Å²) < 4.78 is 31.0. The summed E-state index contributed by atoms with van der Waals surface area (Å²) >= 11 is 9.79. The van der Waals surface area contributed by atoms with Gasteiger partial charge in [-0.2, -0.15) is 4.57 Å². The molecule has 116 valence electrons. The standard InChI is InChI=1S/C12H18Br3O4P/c1-7(13)10(4)17-20(16,18-11(5)8(2)14)19-12(6)9(3)15/h1-6H3/b10-7-,11-8-,12-9-.